The van der Waals surface area contributed by atoms with Crippen LogP contribution < -0.4 is 21.5 Å². The SMILES string of the molecule is CNc1cc(Nc2cccn([C@@H]3CCC[C@H](OC)C3)c2=O)nc2c(C(=O)N[C@@H]3C[C@@H]3F)cnn12. The lowest BCUT2D eigenvalue weighted by atomic mass is 9.92. The van der Waals surface area contributed by atoms with Crippen LogP contribution in [0.15, 0.2) is 35.4 Å². The predicted molar refractivity (Wildman–Crippen MR) is 126 cm³/mol. The largest absolute Gasteiger partial charge is 0.381 e. The molecule has 11 heteroatoms. The summed E-state index contributed by atoms with van der Waals surface area (Å²) in [6.07, 6.45) is 6.41. The lowest BCUT2D eigenvalue weighted by molar-refractivity contribution is 0.0525. The number of nitrogens with one attached hydrogen (secondary N) is 3. The molecule has 0 bridgehead atoms. The van der Waals surface area contributed by atoms with Gasteiger partial charge in [0.1, 0.15) is 29.1 Å². The van der Waals surface area contributed by atoms with Gasteiger partial charge in [0, 0.05) is 38.9 Å². The third kappa shape index (κ3) is 4.23. The Hall–Kier alpha value is -3.47. The number of amides is 1. The lowest BCUT2D eigenvalue weighted by Gasteiger charge is -2.29. The van der Waals surface area contributed by atoms with E-state index in [1.807, 2.05) is 6.07 Å². The van der Waals surface area contributed by atoms with Crippen molar-refractivity contribution < 1.29 is 13.9 Å². The number of carbonyl (C=O) groups is 1. The number of anilines is 3. The number of aromatic nitrogens is 4. The van der Waals surface area contributed by atoms with Gasteiger partial charge in [0.2, 0.25) is 0 Å². The Morgan fingerprint density at radius 3 is 2.85 bits per heavy atom. The average Bonchev–Trinajstić information content (AvgIpc) is 3.36. The van der Waals surface area contributed by atoms with Crippen molar-refractivity contribution in [1.29, 1.82) is 0 Å². The van der Waals surface area contributed by atoms with Crippen molar-refractivity contribution in [2.75, 3.05) is 24.8 Å². The van der Waals surface area contributed by atoms with Crippen molar-refractivity contribution in [3.05, 3.63) is 46.5 Å². The van der Waals surface area contributed by atoms with E-state index in [9.17, 15) is 14.0 Å². The fourth-order valence-corrected chi connectivity index (χ4v) is 4.54. The first-order chi connectivity index (χ1) is 16.5. The molecule has 0 unspecified atom stereocenters. The second-order valence-electron chi connectivity index (χ2n) is 8.84. The number of hydrogen-bond acceptors (Lipinski definition) is 7. The molecule has 10 nitrogen and oxygen atoms in total. The average molecular weight is 470 g/mol. The summed E-state index contributed by atoms with van der Waals surface area (Å²) in [7, 11) is 3.43. The number of rotatable bonds is 7. The number of alkyl halides is 1. The number of methoxy groups -OCH3 is 1. The van der Waals surface area contributed by atoms with Crippen LogP contribution in [-0.2, 0) is 4.74 Å². The van der Waals surface area contributed by atoms with E-state index in [2.05, 4.69) is 26.0 Å². The molecular formula is C23H28FN7O3. The normalized spacial score (nSPS) is 24.1. The van der Waals surface area contributed by atoms with Gasteiger partial charge in [0.05, 0.1) is 18.3 Å². The summed E-state index contributed by atoms with van der Waals surface area (Å²) in [5.74, 6) is 0.529. The van der Waals surface area contributed by atoms with Crippen LogP contribution >= 0.6 is 0 Å². The van der Waals surface area contributed by atoms with Crippen LogP contribution in [0.4, 0.5) is 21.7 Å². The van der Waals surface area contributed by atoms with Gasteiger partial charge in [-0.3, -0.25) is 9.59 Å². The van der Waals surface area contributed by atoms with Crippen LogP contribution in [0.5, 0.6) is 0 Å². The first-order valence-electron chi connectivity index (χ1n) is 11.5. The van der Waals surface area contributed by atoms with Crippen LogP contribution in [0.25, 0.3) is 5.65 Å². The van der Waals surface area contributed by atoms with Crippen molar-refractivity contribution in [3.63, 3.8) is 0 Å². The number of nitrogens with zero attached hydrogens (tertiary/aromatic N) is 4. The van der Waals surface area contributed by atoms with E-state index in [4.69, 9.17) is 4.74 Å². The molecule has 2 aliphatic carbocycles. The van der Waals surface area contributed by atoms with Crippen LogP contribution in [0.2, 0.25) is 0 Å². The highest BCUT2D eigenvalue weighted by atomic mass is 19.1. The van der Waals surface area contributed by atoms with E-state index in [0.29, 0.717) is 29.4 Å². The van der Waals surface area contributed by atoms with E-state index in [-0.39, 0.29) is 23.3 Å². The molecule has 2 aliphatic rings. The Kier molecular flexibility index (Phi) is 5.94. The molecule has 0 spiro atoms. The lowest BCUT2D eigenvalue weighted by Crippen LogP contribution is -2.31. The van der Waals surface area contributed by atoms with Crippen LogP contribution in [0.3, 0.4) is 0 Å². The van der Waals surface area contributed by atoms with E-state index < -0.39 is 18.1 Å². The third-order valence-corrected chi connectivity index (χ3v) is 6.56. The minimum Gasteiger partial charge on any atom is -0.381 e. The molecule has 3 aromatic rings. The number of carbonyl (C=O) groups excluding carboxylic acids is 1. The summed E-state index contributed by atoms with van der Waals surface area (Å²) >= 11 is 0. The van der Waals surface area contributed by atoms with Gasteiger partial charge >= 0.3 is 0 Å². The van der Waals surface area contributed by atoms with Gasteiger partial charge in [-0.1, -0.05) is 0 Å². The monoisotopic (exact) mass is 469 g/mol. The Morgan fingerprint density at radius 1 is 1.29 bits per heavy atom. The molecule has 0 aromatic carbocycles. The van der Waals surface area contributed by atoms with Gasteiger partial charge < -0.3 is 25.3 Å². The quantitative estimate of drug-likeness (QED) is 0.487. The highest BCUT2D eigenvalue weighted by molar-refractivity contribution is 6.00. The van der Waals surface area contributed by atoms with Gasteiger partial charge in [-0.15, -0.1) is 0 Å². The molecule has 34 heavy (non-hydrogen) atoms. The molecule has 0 saturated heterocycles. The zero-order chi connectivity index (χ0) is 23.8. The molecule has 180 valence electrons. The van der Waals surface area contributed by atoms with Gasteiger partial charge in [-0.05, 0) is 37.8 Å². The molecular weight excluding hydrogens is 441 g/mol. The summed E-state index contributed by atoms with van der Waals surface area (Å²) in [4.78, 5) is 30.4. The van der Waals surface area contributed by atoms with Crippen LogP contribution in [-0.4, -0.2) is 57.5 Å². The van der Waals surface area contributed by atoms with Gasteiger partial charge in [0.15, 0.2) is 5.65 Å². The Balaban J connectivity index is 1.45. The first-order valence-corrected chi connectivity index (χ1v) is 11.5. The molecule has 2 fully saturated rings. The maximum atomic E-state index is 13.3. The van der Waals surface area contributed by atoms with Crippen molar-refractivity contribution in [3.8, 4) is 0 Å². The highest BCUT2D eigenvalue weighted by Gasteiger charge is 2.39. The summed E-state index contributed by atoms with van der Waals surface area (Å²) in [5, 5.41) is 13.0. The molecule has 5 rings (SSSR count). The maximum Gasteiger partial charge on any atom is 0.274 e. The Morgan fingerprint density at radius 2 is 2.12 bits per heavy atom. The van der Waals surface area contributed by atoms with E-state index >= 15 is 0 Å². The molecule has 0 aliphatic heterocycles. The summed E-state index contributed by atoms with van der Waals surface area (Å²) in [6, 6.07) is 4.85. The standard InChI is InChI=1S/C23H28FN7O3/c1-25-20-11-19(29-21-15(12-26-31(20)21)22(32)28-18-10-16(18)24)27-17-7-4-8-30(23(17)33)13-5-3-6-14(9-13)34-2/h4,7-8,11-14,16,18,25H,3,5-6,9-10H2,1-2H3,(H,27,29)(H,28,32)/t13-,14+,16+,18-/m1/s1. The number of ether oxygens (including phenoxy) is 1. The topological polar surface area (TPSA) is 115 Å². The Labute approximate surface area is 195 Å². The van der Waals surface area contributed by atoms with E-state index in [0.717, 1.165) is 25.7 Å². The maximum absolute atomic E-state index is 13.3. The second kappa shape index (κ2) is 9.05. The van der Waals surface area contributed by atoms with E-state index in [1.54, 1.807) is 37.1 Å². The first kappa shape index (κ1) is 22.3. The number of pyridine rings is 1. The zero-order valence-electron chi connectivity index (χ0n) is 19.1. The predicted octanol–water partition coefficient (Wildman–Crippen LogP) is 2.65. The van der Waals surface area contributed by atoms with Crippen molar-refractivity contribution in [1.82, 2.24) is 24.5 Å². The van der Waals surface area contributed by atoms with Gasteiger partial charge in [-0.25, -0.2) is 9.37 Å². The molecule has 0 radical (unpaired) electrons. The number of hydrogen-bond donors (Lipinski definition) is 3. The number of fused-ring (bicyclic) bond motifs is 1. The minimum atomic E-state index is -1.01. The van der Waals surface area contributed by atoms with Crippen molar-refractivity contribution in [2.45, 2.75) is 56.5 Å². The molecule has 3 heterocycles. The smallest absolute Gasteiger partial charge is 0.274 e. The van der Waals surface area contributed by atoms with Gasteiger partial charge in [-0.2, -0.15) is 9.61 Å². The zero-order valence-corrected chi connectivity index (χ0v) is 19.1. The second-order valence-corrected chi connectivity index (χ2v) is 8.84. The minimum absolute atomic E-state index is 0.0724. The molecule has 3 N–H and O–H groups in total. The fourth-order valence-electron chi connectivity index (χ4n) is 4.54. The third-order valence-electron chi connectivity index (χ3n) is 6.56. The van der Waals surface area contributed by atoms with Crippen molar-refractivity contribution >= 4 is 28.9 Å². The fraction of sp³-hybridized carbons (Fsp3) is 0.478. The summed E-state index contributed by atoms with van der Waals surface area (Å²) < 4.78 is 22.0. The molecule has 3 aromatic heterocycles. The van der Waals surface area contributed by atoms with Gasteiger partial charge in [0.25, 0.3) is 11.5 Å². The highest BCUT2D eigenvalue weighted by Crippen LogP contribution is 2.30. The molecule has 2 saturated carbocycles. The summed E-state index contributed by atoms with van der Waals surface area (Å²) in [5.41, 5.74) is 0.766. The van der Waals surface area contributed by atoms with E-state index in [1.165, 1.54) is 10.7 Å². The number of halogens is 1. The van der Waals surface area contributed by atoms with Crippen LogP contribution in [0.1, 0.15) is 48.5 Å². The molecule has 1 amide bonds. The summed E-state index contributed by atoms with van der Waals surface area (Å²) in [6.45, 7) is 0. The Bertz CT molecular complexity index is 1270. The molecule has 4 atom stereocenters. The van der Waals surface area contributed by atoms with Crippen LogP contribution in [0, 0.1) is 0 Å². The van der Waals surface area contributed by atoms with Crippen molar-refractivity contribution in [2.24, 2.45) is 0 Å².